The molecule has 1 heterocycles. The number of benzene rings is 2. The number of sulfonamides is 1. The molecule has 2 atom stereocenters. The van der Waals surface area contributed by atoms with Crippen molar-refractivity contribution >= 4 is 25.5 Å². The normalized spacial score (nSPS) is 22.1. The highest BCUT2D eigenvalue weighted by Crippen LogP contribution is 2.31. The van der Waals surface area contributed by atoms with Gasteiger partial charge in [0.15, 0.2) is 9.84 Å². The Bertz CT molecular complexity index is 972. The molecule has 1 fully saturated rings. The fraction of sp³-hybridized carbons (Fsp3) is 0.294. The van der Waals surface area contributed by atoms with E-state index in [1.165, 1.54) is 31.4 Å². The van der Waals surface area contributed by atoms with Crippen molar-refractivity contribution in [1.29, 1.82) is 0 Å². The summed E-state index contributed by atoms with van der Waals surface area (Å²) in [4.78, 5) is -0.0151. The van der Waals surface area contributed by atoms with E-state index in [0.717, 1.165) is 4.31 Å². The lowest BCUT2D eigenvalue weighted by molar-refractivity contribution is 0.184. The Labute approximate surface area is 152 Å². The van der Waals surface area contributed by atoms with E-state index in [1.807, 2.05) is 0 Å². The number of anilines is 1. The van der Waals surface area contributed by atoms with Gasteiger partial charge in [-0.1, -0.05) is 18.2 Å². The first kappa shape index (κ1) is 18.7. The van der Waals surface area contributed by atoms with Crippen molar-refractivity contribution in [3.8, 4) is 5.75 Å². The number of hydrogen-bond acceptors (Lipinski definition) is 6. The number of methoxy groups -OCH3 is 1. The molecular weight excluding hydrogens is 378 g/mol. The van der Waals surface area contributed by atoms with Crippen molar-refractivity contribution in [2.75, 3.05) is 22.9 Å². The predicted molar refractivity (Wildman–Crippen MR) is 97.5 cm³/mol. The zero-order valence-electron chi connectivity index (χ0n) is 14.0. The summed E-state index contributed by atoms with van der Waals surface area (Å²) in [5, 5.41) is 10.2. The van der Waals surface area contributed by atoms with Crippen LogP contribution in [0.5, 0.6) is 5.75 Å². The number of rotatable bonds is 5. The van der Waals surface area contributed by atoms with E-state index in [0.29, 0.717) is 11.4 Å². The third kappa shape index (κ3) is 3.55. The number of para-hydroxylation sites is 1. The van der Waals surface area contributed by atoms with E-state index in [4.69, 9.17) is 4.74 Å². The van der Waals surface area contributed by atoms with Gasteiger partial charge in [-0.2, -0.15) is 0 Å². The molecule has 1 saturated heterocycles. The summed E-state index contributed by atoms with van der Waals surface area (Å²) in [5.74, 6) is -0.393. The molecule has 140 valence electrons. The molecule has 0 bridgehead atoms. The number of ether oxygens (including phenoxy) is 1. The Hall–Kier alpha value is -2.10. The molecule has 0 aliphatic carbocycles. The fourth-order valence-corrected chi connectivity index (χ4v) is 6.52. The molecule has 0 radical (unpaired) electrons. The molecule has 0 aromatic heterocycles. The maximum Gasteiger partial charge on any atom is 0.264 e. The lowest BCUT2D eigenvalue weighted by Crippen LogP contribution is -2.47. The number of aliphatic hydroxyl groups excluding tert-OH is 1. The van der Waals surface area contributed by atoms with Crippen LogP contribution >= 0.6 is 0 Å². The monoisotopic (exact) mass is 397 g/mol. The highest BCUT2D eigenvalue weighted by Gasteiger charge is 2.44. The van der Waals surface area contributed by atoms with Crippen LogP contribution in [0.25, 0.3) is 0 Å². The zero-order chi connectivity index (χ0) is 18.9. The van der Waals surface area contributed by atoms with E-state index >= 15 is 0 Å². The summed E-state index contributed by atoms with van der Waals surface area (Å²) in [6, 6.07) is 12.9. The molecule has 7 nitrogen and oxygen atoms in total. The number of aliphatic hydroxyl groups is 1. The van der Waals surface area contributed by atoms with Gasteiger partial charge in [0.05, 0.1) is 41.3 Å². The second-order valence-electron chi connectivity index (χ2n) is 6.02. The van der Waals surface area contributed by atoms with Gasteiger partial charge in [-0.15, -0.1) is 0 Å². The van der Waals surface area contributed by atoms with Crippen molar-refractivity contribution in [3.63, 3.8) is 0 Å². The summed E-state index contributed by atoms with van der Waals surface area (Å²) in [5.41, 5.74) is 0.296. The molecule has 1 aliphatic heterocycles. The van der Waals surface area contributed by atoms with Crippen LogP contribution in [0.4, 0.5) is 5.69 Å². The third-order valence-electron chi connectivity index (χ3n) is 4.22. The summed E-state index contributed by atoms with van der Waals surface area (Å²) in [6.07, 6.45) is -1.30. The van der Waals surface area contributed by atoms with Gasteiger partial charge >= 0.3 is 0 Å². The van der Waals surface area contributed by atoms with Crippen LogP contribution in [0.1, 0.15) is 0 Å². The highest BCUT2D eigenvalue weighted by molar-refractivity contribution is 7.93. The SMILES string of the molecule is COc1ccc(S(=O)(=O)N(c2ccccc2)[C@H]2CS(=O)(=O)C[C@@H]2O)cc1. The van der Waals surface area contributed by atoms with Gasteiger partial charge < -0.3 is 9.84 Å². The molecule has 26 heavy (non-hydrogen) atoms. The van der Waals surface area contributed by atoms with Crippen molar-refractivity contribution in [3.05, 3.63) is 54.6 Å². The van der Waals surface area contributed by atoms with E-state index in [9.17, 15) is 21.9 Å². The highest BCUT2D eigenvalue weighted by atomic mass is 32.2. The van der Waals surface area contributed by atoms with Crippen LogP contribution < -0.4 is 9.04 Å². The maximum absolute atomic E-state index is 13.3. The van der Waals surface area contributed by atoms with Crippen molar-refractivity contribution < 1.29 is 26.7 Å². The molecule has 0 spiro atoms. The standard InChI is InChI=1S/C17H19NO6S2/c1-24-14-7-9-15(10-8-14)26(22,23)18(13-5-3-2-4-6-13)16-11-25(20,21)12-17(16)19/h2-10,16-17,19H,11-12H2,1H3/t16-,17-/m0/s1. The van der Waals surface area contributed by atoms with Gasteiger partial charge in [-0.3, -0.25) is 4.31 Å². The van der Waals surface area contributed by atoms with Crippen LogP contribution in [0, 0.1) is 0 Å². The average Bonchev–Trinajstić information content (AvgIpc) is 2.88. The average molecular weight is 397 g/mol. The summed E-state index contributed by atoms with van der Waals surface area (Å²) >= 11 is 0. The summed E-state index contributed by atoms with van der Waals surface area (Å²) < 4.78 is 56.4. The van der Waals surface area contributed by atoms with Crippen molar-refractivity contribution in [2.45, 2.75) is 17.0 Å². The number of nitrogens with zero attached hydrogens (tertiary/aromatic N) is 1. The quantitative estimate of drug-likeness (QED) is 0.809. The molecule has 1 N–H and O–H groups in total. The Morgan fingerprint density at radius 3 is 2.15 bits per heavy atom. The summed E-state index contributed by atoms with van der Waals surface area (Å²) in [7, 11) is -6.15. The molecule has 2 aromatic carbocycles. The second kappa shape index (κ2) is 6.90. The third-order valence-corrected chi connectivity index (χ3v) is 7.79. The van der Waals surface area contributed by atoms with Gasteiger partial charge in [0.2, 0.25) is 0 Å². The topological polar surface area (TPSA) is 101 Å². The first-order valence-corrected chi connectivity index (χ1v) is 11.1. The Morgan fingerprint density at radius 2 is 1.65 bits per heavy atom. The minimum Gasteiger partial charge on any atom is -0.497 e. The van der Waals surface area contributed by atoms with Gasteiger partial charge in [-0.25, -0.2) is 16.8 Å². The minimum absolute atomic E-state index is 0.0151. The molecule has 2 aromatic rings. The van der Waals surface area contributed by atoms with Gasteiger partial charge in [0.1, 0.15) is 5.75 Å². The lowest BCUT2D eigenvalue weighted by Gasteiger charge is -2.31. The molecule has 0 amide bonds. The largest absolute Gasteiger partial charge is 0.497 e. The van der Waals surface area contributed by atoms with Crippen molar-refractivity contribution in [2.24, 2.45) is 0 Å². The van der Waals surface area contributed by atoms with Gasteiger partial charge in [0, 0.05) is 0 Å². The Morgan fingerprint density at radius 1 is 1.04 bits per heavy atom. The molecular formula is C17H19NO6S2. The van der Waals surface area contributed by atoms with E-state index < -0.39 is 43.5 Å². The first-order chi connectivity index (χ1) is 12.2. The molecule has 3 rings (SSSR count). The molecule has 0 saturated carbocycles. The van der Waals surface area contributed by atoms with Crippen molar-refractivity contribution in [1.82, 2.24) is 0 Å². The van der Waals surface area contributed by atoms with E-state index in [2.05, 4.69) is 0 Å². The molecule has 9 heteroatoms. The second-order valence-corrected chi connectivity index (χ2v) is 9.99. The van der Waals surface area contributed by atoms with Crippen LogP contribution in [-0.2, 0) is 19.9 Å². The van der Waals surface area contributed by atoms with Gasteiger partial charge in [0.25, 0.3) is 10.0 Å². The zero-order valence-corrected chi connectivity index (χ0v) is 15.7. The van der Waals surface area contributed by atoms with E-state index in [1.54, 1.807) is 30.3 Å². The number of sulfone groups is 1. The van der Waals surface area contributed by atoms with E-state index in [-0.39, 0.29) is 4.90 Å². The number of hydrogen-bond donors (Lipinski definition) is 1. The Kier molecular flexibility index (Phi) is 4.96. The molecule has 0 unspecified atom stereocenters. The Balaban J connectivity index is 2.11. The summed E-state index contributed by atoms with van der Waals surface area (Å²) in [6.45, 7) is 0. The lowest BCUT2D eigenvalue weighted by atomic mass is 10.2. The maximum atomic E-state index is 13.3. The van der Waals surface area contributed by atoms with Crippen LogP contribution in [-0.4, -0.2) is 52.7 Å². The van der Waals surface area contributed by atoms with Crippen LogP contribution in [0.3, 0.4) is 0 Å². The smallest absolute Gasteiger partial charge is 0.264 e. The van der Waals surface area contributed by atoms with Gasteiger partial charge in [-0.05, 0) is 36.4 Å². The minimum atomic E-state index is -4.09. The predicted octanol–water partition coefficient (Wildman–Crippen LogP) is 1.05. The first-order valence-electron chi connectivity index (χ1n) is 7.86. The fourth-order valence-electron chi connectivity index (χ4n) is 2.98. The van der Waals surface area contributed by atoms with Crippen LogP contribution in [0.2, 0.25) is 0 Å². The van der Waals surface area contributed by atoms with Crippen LogP contribution in [0.15, 0.2) is 59.5 Å². The molecule has 1 aliphatic rings.